The lowest BCUT2D eigenvalue weighted by molar-refractivity contribution is -0.109. The number of carbonyl (C=O) groups is 1. The molecule has 0 aliphatic rings. The van der Waals surface area contributed by atoms with Crippen LogP contribution >= 0.6 is 11.8 Å². The van der Waals surface area contributed by atoms with E-state index in [1.165, 1.54) is 6.92 Å². The highest BCUT2D eigenvalue weighted by Crippen LogP contribution is 2.03. The summed E-state index contributed by atoms with van der Waals surface area (Å²) in [6.07, 6.45) is 0. The molecule has 0 aromatic heterocycles. The summed E-state index contributed by atoms with van der Waals surface area (Å²) in [5, 5.41) is 0.0208. The smallest absolute Gasteiger partial charge is 0.187 e. The summed E-state index contributed by atoms with van der Waals surface area (Å²) in [6.45, 7) is 3.29. The molecule has 0 radical (unpaired) electrons. The lowest BCUT2D eigenvalue weighted by atomic mass is 10.8. The maximum atomic E-state index is 10.1. The third-order valence-electron chi connectivity index (χ3n) is 0.352. The van der Waals surface area contributed by atoms with Crippen molar-refractivity contribution >= 4 is 16.9 Å². The average molecular weight is 119 g/mol. The fraction of sp³-hybridized carbons (Fsp3) is 0.750. The predicted molar refractivity (Wildman–Crippen MR) is 31.9 cm³/mol. The maximum Gasteiger partial charge on any atom is 0.187 e. The van der Waals surface area contributed by atoms with Gasteiger partial charge in [-0.05, 0) is 6.92 Å². The van der Waals surface area contributed by atoms with Crippen LogP contribution in [0.25, 0.3) is 0 Å². The second kappa shape index (κ2) is 3.04. The van der Waals surface area contributed by atoms with Crippen molar-refractivity contribution in [2.24, 2.45) is 5.73 Å². The van der Waals surface area contributed by atoms with Gasteiger partial charge in [-0.15, -0.1) is 0 Å². The van der Waals surface area contributed by atoms with E-state index in [9.17, 15) is 4.79 Å². The van der Waals surface area contributed by atoms with Crippen molar-refractivity contribution in [1.82, 2.24) is 0 Å². The third kappa shape index (κ3) is 5.98. The van der Waals surface area contributed by atoms with Crippen LogP contribution in [-0.2, 0) is 4.79 Å². The van der Waals surface area contributed by atoms with Crippen molar-refractivity contribution in [2.45, 2.75) is 19.2 Å². The number of nitrogens with two attached hydrogens (primary N) is 1. The molecule has 0 aliphatic carbocycles. The molecular weight excluding hydrogens is 110 g/mol. The molecule has 0 saturated heterocycles. The van der Waals surface area contributed by atoms with Crippen molar-refractivity contribution < 1.29 is 4.79 Å². The zero-order chi connectivity index (χ0) is 5.86. The van der Waals surface area contributed by atoms with E-state index < -0.39 is 0 Å². The van der Waals surface area contributed by atoms with Gasteiger partial charge < -0.3 is 5.73 Å². The average Bonchev–Trinajstić information content (AvgIpc) is 1.27. The minimum absolute atomic E-state index is 0.0579. The second-order valence-electron chi connectivity index (χ2n) is 1.31. The van der Waals surface area contributed by atoms with Gasteiger partial charge in [0, 0.05) is 6.92 Å². The van der Waals surface area contributed by atoms with Gasteiger partial charge in [-0.2, -0.15) is 0 Å². The number of hydrogen-bond donors (Lipinski definition) is 1. The molecule has 0 aromatic rings. The minimum Gasteiger partial charge on any atom is -0.319 e. The van der Waals surface area contributed by atoms with Crippen LogP contribution in [0, 0.1) is 0 Å². The summed E-state index contributed by atoms with van der Waals surface area (Å²) >= 11 is 1.15. The zero-order valence-corrected chi connectivity index (χ0v) is 5.29. The molecule has 0 heterocycles. The topological polar surface area (TPSA) is 43.1 Å². The number of carbonyl (C=O) groups excluding carboxylic acids is 1. The third-order valence-corrected chi connectivity index (χ3v) is 1.06. The highest BCUT2D eigenvalue weighted by molar-refractivity contribution is 8.14. The van der Waals surface area contributed by atoms with Crippen LogP contribution in [-0.4, -0.2) is 10.5 Å². The number of rotatable bonds is 1. The normalized spacial score (nSPS) is 13.6. The van der Waals surface area contributed by atoms with Crippen LogP contribution in [0.3, 0.4) is 0 Å². The molecule has 7 heavy (non-hydrogen) atoms. The summed E-state index contributed by atoms with van der Waals surface area (Å²) in [5.74, 6) is 0. The molecule has 0 aliphatic heterocycles. The number of thioether (sulfide) groups is 1. The SMILES string of the molecule is CC(=O)SC(C)N. The minimum atomic E-state index is -0.0579. The van der Waals surface area contributed by atoms with E-state index in [1.54, 1.807) is 6.92 Å². The Morgan fingerprint density at radius 2 is 2.29 bits per heavy atom. The van der Waals surface area contributed by atoms with E-state index in [1.807, 2.05) is 0 Å². The lowest BCUT2D eigenvalue weighted by Crippen LogP contribution is -2.10. The van der Waals surface area contributed by atoms with Gasteiger partial charge in [-0.3, -0.25) is 4.79 Å². The van der Waals surface area contributed by atoms with Crippen LogP contribution in [0.4, 0.5) is 0 Å². The van der Waals surface area contributed by atoms with Crippen LogP contribution < -0.4 is 5.73 Å². The highest BCUT2D eigenvalue weighted by Gasteiger charge is 1.95. The fourth-order valence-corrected chi connectivity index (χ4v) is 0.785. The molecule has 1 unspecified atom stereocenters. The van der Waals surface area contributed by atoms with Gasteiger partial charge in [0.25, 0.3) is 0 Å². The first-order valence-electron chi connectivity index (χ1n) is 2.05. The van der Waals surface area contributed by atoms with Gasteiger partial charge in [0.15, 0.2) is 5.12 Å². The largest absolute Gasteiger partial charge is 0.319 e. The quantitative estimate of drug-likeness (QED) is 0.513. The second-order valence-corrected chi connectivity index (χ2v) is 2.87. The Morgan fingerprint density at radius 3 is 2.29 bits per heavy atom. The van der Waals surface area contributed by atoms with E-state index in [-0.39, 0.29) is 10.5 Å². The molecule has 0 amide bonds. The van der Waals surface area contributed by atoms with Crippen molar-refractivity contribution in [3.05, 3.63) is 0 Å². The summed E-state index contributed by atoms with van der Waals surface area (Å²) in [5.41, 5.74) is 5.24. The maximum absolute atomic E-state index is 10.1. The summed E-state index contributed by atoms with van der Waals surface area (Å²) in [4.78, 5) is 10.1. The first-order chi connectivity index (χ1) is 3.13. The molecule has 0 saturated carbocycles. The van der Waals surface area contributed by atoms with Crippen molar-refractivity contribution in [3.8, 4) is 0 Å². The Kier molecular flexibility index (Phi) is 3.04. The Morgan fingerprint density at radius 1 is 1.86 bits per heavy atom. The van der Waals surface area contributed by atoms with Gasteiger partial charge in [0.1, 0.15) is 0 Å². The van der Waals surface area contributed by atoms with Gasteiger partial charge in [0.05, 0.1) is 5.37 Å². The van der Waals surface area contributed by atoms with Crippen LogP contribution in [0.5, 0.6) is 0 Å². The molecule has 1 atom stereocenters. The van der Waals surface area contributed by atoms with Gasteiger partial charge in [-0.25, -0.2) is 0 Å². The van der Waals surface area contributed by atoms with Crippen LogP contribution in [0.15, 0.2) is 0 Å². The Hall–Kier alpha value is -0.0200. The Balaban J connectivity index is 3.13. The van der Waals surface area contributed by atoms with E-state index >= 15 is 0 Å². The molecule has 0 bridgehead atoms. The van der Waals surface area contributed by atoms with E-state index in [0.717, 1.165) is 11.8 Å². The van der Waals surface area contributed by atoms with Gasteiger partial charge in [0.2, 0.25) is 0 Å². The van der Waals surface area contributed by atoms with Gasteiger partial charge in [-0.1, -0.05) is 11.8 Å². The molecule has 0 spiro atoms. The molecular formula is C4H9NOS. The van der Waals surface area contributed by atoms with Crippen molar-refractivity contribution in [3.63, 3.8) is 0 Å². The first-order valence-corrected chi connectivity index (χ1v) is 2.93. The van der Waals surface area contributed by atoms with Crippen molar-refractivity contribution in [2.75, 3.05) is 0 Å². The molecule has 0 rings (SSSR count). The fourth-order valence-electron chi connectivity index (χ4n) is 0.262. The van der Waals surface area contributed by atoms with E-state index in [0.29, 0.717) is 0 Å². The molecule has 0 aromatic carbocycles. The molecule has 2 N–H and O–H groups in total. The van der Waals surface area contributed by atoms with Crippen LogP contribution in [0.2, 0.25) is 0 Å². The molecule has 2 nitrogen and oxygen atoms in total. The van der Waals surface area contributed by atoms with Crippen molar-refractivity contribution in [1.29, 1.82) is 0 Å². The lowest BCUT2D eigenvalue weighted by Gasteiger charge is -1.96. The highest BCUT2D eigenvalue weighted by atomic mass is 32.2. The number of hydrogen-bond acceptors (Lipinski definition) is 3. The van der Waals surface area contributed by atoms with Crippen LogP contribution in [0.1, 0.15) is 13.8 Å². The summed E-state index contributed by atoms with van der Waals surface area (Å²) in [6, 6.07) is 0. The monoisotopic (exact) mass is 119 g/mol. The zero-order valence-electron chi connectivity index (χ0n) is 4.47. The molecule has 42 valence electrons. The standard InChI is InChI=1S/C4H9NOS/c1-3(5)7-4(2)6/h3H,5H2,1-2H3. The molecule has 0 fully saturated rings. The van der Waals surface area contributed by atoms with E-state index in [4.69, 9.17) is 5.73 Å². The Labute approximate surface area is 47.5 Å². The first kappa shape index (κ1) is 6.98. The van der Waals surface area contributed by atoms with E-state index in [2.05, 4.69) is 0 Å². The summed E-state index contributed by atoms with van der Waals surface area (Å²) in [7, 11) is 0. The predicted octanol–water partition coefficient (Wildman–Crippen LogP) is 0.571. The summed E-state index contributed by atoms with van der Waals surface area (Å²) < 4.78 is 0. The molecule has 3 heteroatoms. The Bertz CT molecular complexity index is 72.1. The van der Waals surface area contributed by atoms with Gasteiger partial charge >= 0.3 is 0 Å².